The smallest absolute Gasteiger partial charge is 0.494 e. The van der Waals surface area contributed by atoms with Crippen LogP contribution in [0.3, 0.4) is 0 Å². The molecule has 0 aromatic heterocycles. The Hall–Kier alpha value is -4.02. The zero-order valence-electron chi connectivity index (χ0n) is 29.5. The molecular weight excluding hydrogens is 609 g/mol. The molecule has 1 aliphatic rings. The molecule has 0 bridgehead atoms. The molecule has 8 nitrogen and oxygen atoms in total. The Morgan fingerprint density at radius 2 is 1.47 bits per heavy atom. The summed E-state index contributed by atoms with van der Waals surface area (Å²) in [6.07, 6.45) is 3.66. The third-order valence-corrected chi connectivity index (χ3v) is 13.6. The summed E-state index contributed by atoms with van der Waals surface area (Å²) in [5, 5.41) is 20.2. The van der Waals surface area contributed by atoms with Gasteiger partial charge in [0.15, 0.2) is 8.32 Å². The minimum absolute atomic E-state index is 0.151. The summed E-state index contributed by atoms with van der Waals surface area (Å²) in [4.78, 5) is 1.43. The van der Waals surface area contributed by atoms with Crippen molar-refractivity contribution < 1.29 is 33.4 Å². The fraction of sp³-hybridized carbons (Fsp3) is 0.405. The van der Waals surface area contributed by atoms with E-state index in [1.165, 1.54) is 28.4 Å². The minimum atomic E-state index is -1.81. The average Bonchev–Trinajstić information content (AvgIpc) is 2.95. The molecule has 1 aliphatic heterocycles. The molecule has 47 heavy (non-hydrogen) atoms. The predicted octanol–water partition coefficient (Wildman–Crippen LogP) is 8.42. The van der Waals surface area contributed by atoms with E-state index < -0.39 is 15.4 Å². The van der Waals surface area contributed by atoms with Crippen LogP contribution >= 0.6 is 0 Å². The van der Waals surface area contributed by atoms with Crippen LogP contribution in [0, 0.1) is 20.8 Å². The van der Waals surface area contributed by atoms with Crippen LogP contribution < -0.4 is 14.9 Å². The summed E-state index contributed by atoms with van der Waals surface area (Å²) in [6.45, 7) is 20.9. The van der Waals surface area contributed by atoms with Gasteiger partial charge in [0.1, 0.15) is 18.1 Å². The van der Waals surface area contributed by atoms with Gasteiger partial charge in [0.05, 0.1) is 19.0 Å². The Morgan fingerprint density at radius 3 is 2.04 bits per heavy atom. The Bertz CT molecular complexity index is 1550. The number of ether oxygens (including phenoxy) is 2. The van der Waals surface area contributed by atoms with Gasteiger partial charge in [0, 0.05) is 25.0 Å². The van der Waals surface area contributed by atoms with Gasteiger partial charge in [-0.3, -0.25) is 0 Å². The number of rotatable bonds is 11. The maximum Gasteiger partial charge on any atom is 0.636 e. The Morgan fingerprint density at radius 1 is 0.872 bits per heavy atom. The van der Waals surface area contributed by atoms with Gasteiger partial charge in [0.25, 0.3) is 11.9 Å². The maximum atomic E-state index is 10.0. The quantitative estimate of drug-likeness (QED) is 0.198. The molecule has 4 rings (SSSR count). The van der Waals surface area contributed by atoms with E-state index in [0.717, 1.165) is 34.4 Å². The van der Waals surface area contributed by atoms with Crippen molar-refractivity contribution in [1.29, 1.82) is 0 Å². The van der Waals surface area contributed by atoms with Crippen molar-refractivity contribution in [2.24, 2.45) is 0 Å². The maximum absolute atomic E-state index is 10.0. The van der Waals surface area contributed by atoms with Gasteiger partial charge < -0.3 is 38.3 Å². The molecule has 0 spiro atoms. The number of hydrogen-bond acceptors (Lipinski definition) is 8. The van der Waals surface area contributed by atoms with E-state index in [-0.39, 0.29) is 23.0 Å². The van der Waals surface area contributed by atoms with Crippen LogP contribution in [0.2, 0.25) is 18.1 Å². The average molecular weight is 660 g/mol. The monoisotopic (exact) mass is 659 g/mol. The minimum Gasteiger partial charge on any atom is -0.494 e. The van der Waals surface area contributed by atoms with Crippen LogP contribution in [-0.4, -0.2) is 50.3 Å². The van der Waals surface area contributed by atoms with Gasteiger partial charge >= 0.3 is 7.12 Å². The number of aliphatic hydroxyl groups excluding tert-OH is 2. The summed E-state index contributed by atoms with van der Waals surface area (Å²) in [6, 6.07) is 17.7. The van der Waals surface area contributed by atoms with Crippen LogP contribution in [-0.2, 0) is 20.3 Å². The number of aliphatic hydroxyl groups is 2. The van der Waals surface area contributed by atoms with E-state index in [9.17, 15) is 10.2 Å². The van der Waals surface area contributed by atoms with Gasteiger partial charge in [-0.1, -0.05) is 51.1 Å². The van der Waals surface area contributed by atoms with Crippen molar-refractivity contribution in [3.8, 4) is 22.6 Å². The first-order chi connectivity index (χ1) is 22.0. The standard InChI is InChI=1S/C37H50BNO7Si/c1-25-20-32(42-19-18-27(3)46-47(9,10)37(5,6)7)21-26(2)36(25)33-13-11-12-29(28(33)4)24-43-31-16-14-30(15-17-31)38-44-34(40)22-39(8)23-35(41)45-38/h11-17,20-23,27,40-41H,18-19,24H2,1-10H3/b34-22-,35-23-/t27-/m0/s1. The van der Waals surface area contributed by atoms with Crippen LogP contribution in [0.15, 0.2) is 78.9 Å². The van der Waals surface area contributed by atoms with Crippen LogP contribution in [0.4, 0.5) is 0 Å². The predicted molar refractivity (Wildman–Crippen MR) is 191 cm³/mol. The van der Waals surface area contributed by atoms with Gasteiger partial charge in [-0.05, 0) is 103 Å². The van der Waals surface area contributed by atoms with Crippen LogP contribution in [0.1, 0.15) is 56.4 Å². The molecule has 0 fully saturated rings. The number of hydrogen-bond donors (Lipinski definition) is 2. The zero-order chi connectivity index (χ0) is 34.5. The summed E-state index contributed by atoms with van der Waals surface area (Å²) < 4.78 is 29.8. The first kappa shape index (κ1) is 35.8. The second-order valence-electron chi connectivity index (χ2n) is 13.9. The highest BCUT2D eigenvalue weighted by molar-refractivity contribution is 6.74. The number of aryl methyl sites for hydroxylation is 2. The number of benzene rings is 3. The van der Waals surface area contributed by atoms with E-state index >= 15 is 0 Å². The SMILES string of the molecule is Cc1cc(OCC[C@H](C)O[Si](C)(C)C(C)(C)C)cc(C)c1-c1cccc(COc2ccc(B3O/C(O)=C\N(C)/C=C(/O)O3)cc2)c1C. The fourth-order valence-electron chi connectivity index (χ4n) is 5.33. The molecule has 0 saturated heterocycles. The van der Waals surface area contributed by atoms with E-state index in [2.05, 4.69) is 91.9 Å². The highest BCUT2D eigenvalue weighted by Crippen LogP contribution is 2.38. The first-order valence-corrected chi connectivity index (χ1v) is 19.0. The summed E-state index contributed by atoms with van der Waals surface area (Å²) >= 11 is 0. The molecule has 0 radical (unpaired) electrons. The van der Waals surface area contributed by atoms with Gasteiger partial charge in [0.2, 0.25) is 0 Å². The Balaban J connectivity index is 1.39. The fourth-order valence-corrected chi connectivity index (χ4v) is 6.81. The zero-order valence-corrected chi connectivity index (χ0v) is 30.5. The van der Waals surface area contributed by atoms with Crippen molar-refractivity contribution in [3.63, 3.8) is 0 Å². The third kappa shape index (κ3) is 9.29. The molecule has 2 N–H and O–H groups in total. The van der Waals surface area contributed by atoms with Crippen LogP contribution in [0.5, 0.6) is 11.5 Å². The van der Waals surface area contributed by atoms with E-state index in [0.29, 0.717) is 24.4 Å². The molecule has 0 aliphatic carbocycles. The van der Waals surface area contributed by atoms with Crippen molar-refractivity contribution in [3.05, 3.63) is 101 Å². The lowest BCUT2D eigenvalue weighted by Crippen LogP contribution is -2.43. The lowest BCUT2D eigenvalue weighted by Gasteiger charge is -2.38. The van der Waals surface area contributed by atoms with Crippen molar-refractivity contribution in [2.75, 3.05) is 13.7 Å². The molecule has 1 atom stereocenters. The van der Waals surface area contributed by atoms with E-state index in [1.54, 1.807) is 31.3 Å². The second kappa shape index (κ2) is 14.8. The lowest BCUT2D eigenvalue weighted by molar-refractivity contribution is 0.124. The summed E-state index contributed by atoms with van der Waals surface area (Å²) in [5.74, 6) is 0.883. The third-order valence-electron chi connectivity index (χ3n) is 8.95. The Labute approximate surface area is 281 Å². The largest absolute Gasteiger partial charge is 0.636 e. The first-order valence-electron chi connectivity index (χ1n) is 16.1. The normalized spacial score (nSPS) is 16.9. The highest BCUT2D eigenvalue weighted by atomic mass is 28.4. The summed E-state index contributed by atoms with van der Waals surface area (Å²) in [5.41, 5.74) is 7.55. The molecule has 0 saturated carbocycles. The molecule has 252 valence electrons. The van der Waals surface area contributed by atoms with E-state index in [4.69, 9.17) is 23.2 Å². The molecule has 1 heterocycles. The van der Waals surface area contributed by atoms with Gasteiger partial charge in [-0.2, -0.15) is 0 Å². The van der Waals surface area contributed by atoms with Crippen molar-refractivity contribution in [2.45, 2.75) is 85.7 Å². The number of nitrogens with zero attached hydrogens (tertiary/aromatic N) is 1. The van der Waals surface area contributed by atoms with Crippen LogP contribution in [0.25, 0.3) is 11.1 Å². The van der Waals surface area contributed by atoms with Gasteiger partial charge in [-0.25, -0.2) is 0 Å². The summed E-state index contributed by atoms with van der Waals surface area (Å²) in [7, 11) is -1.19. The molecule has 0 unspecified atom stereocenters. The Kier molecular flexibility index (Phi) is 11.3. The highest BCUT2D eigenvalue weighted by Gasteiger charge is 2.38. The topological polar surface area (TPSA) is 89.9 Å². The molecule has 3 aromatic carbocycles. The lowest BCUT2D eigenvalue weighted by atomic mass is 9.79. The molecule has 0 amide bonds. The molecule has 10 heteroatoms. The van der Waals surface area contributed by atoms with Crippen molar-refractivity contribution >= 4 is 20.9 Å². The van der Waals surface area contributed by atoms with Crippen molar-refractivity contribution in [1.82, 2.24) is 4.90 Å². The second-order valence-corrected chi connectivity index (χ2v) is 18.6. The molecule has 3 aromatic rings. The molecular formula is C37H50BNO7Si. The van der Waals surface area contributed by atoms with E-state index in [1.807, 2.05) is 0 Å². The van der Waals surface area contributed by atoms with Gasteiger partial charge in [-0.15, -0.1) is 0 Å².